The normalized spacial score (nSPS) is 14.7. The van der Waals surface area contributed by atoms with Crippen LogP contribution in [-0.2, 0) is 19.1 Å². The van der Waals surface area contributed by atoms with Crippen LogP contribution in [0, 0.1) is 5.92 Å². The number of hydrogen-bond acceptors (Lipinski definition) is 4. The van der Waals surface area contributed by atoms with Gasteiger partial charge in [0.25, 0.3) is 0 Å². The largest absolute Gasteiger partial charge is 0.457 e. The zero-order chi connectivity index (χ0) is 19.4. The van der Waals surface area contributed by atoms with Gasteiger partial charge < -0.3 is 9.47 Å². The van der Waals surface area contributed by atoms with Crippen LogP contribution in [0.4, 0.5) is 0 Å². The molecule has 4 nitrogen and oxygen atoms in total. The fourth-order valence-corrected chi connectivity index (χ4v) is 2.42. The zero-order valence-electron chi connectivity index (χ0n) is 17.0. The predicted molar refractivity (Wildman–Crippen MR) is 104 cm³/mol. The summed E-state index contributed by atoms with van der Waals surface area (Å²) in [6, 6.07) is 0. The molecule has 0 amide bonds. The first-order chi connectivity index (χ1) is 11.0. The highest BCUT2D eigenvalue weighted by molar-refractivity contribution is 7.20. The Morgan fingerprint density at radius 1 is 1.04 bits per heavy atom. The molecule has 0 aromatic carbocycles. The van der Waals surface area contributed by atoms with Crippen LogP contribution in [0.1, 0.15) is 87.5 Å². The molecule has 1 fully saturated rings. The molecule has 0 spiro atoms. The third-order valence-corrected chi connectivity index (χ3v) is 3.80. The van der Waals surface area contributed by atoms with Gasteiger partial charge in [0, 0.05) is 0 Å². The Morgan fingerprint density at radius 2 is 1.46 bits per heavy atom. The maximum absolute atomic E-state index is 11.7. The minimum absolute atomic E-state index is 0.313. The van der Waals surface area contributed by atoms with E-state index in [-0.39, 0.29) is 6.61 Å². The highest BCUT2D eigenvalue weighted by Gasteiger charge is 2.35. The molecule has 0 bridgehead atoms. The monoisotopic (exact) mass is 362 g/mol. The number of carbonyl (C=O) groups is 2. The van der Waals surface area contributed by atoms with Gasteiger partial charge in [0.15, 0.2) is 6.61 Å². The second kappa shape index (κ2) is 12.7. The molecule has 1 unspecified atom stereocenters. The van der Waals surface area contributed by atoms with Crippen molar-refractivity contribution >= 4 is 21.2 Å². The molecule has 0 aromatic rings. The molecule has 0 heterocycles. The van der Waals surface area contributed by atoms with Crippen molar-refractivity contribution in [3.05, 3.63) is 0 Å². The molecular weight excluding hydrogens is 323 g/mol. The molecule has 1 aliphatic carbocycles. The van der Waals surface area contributed by atoms with E-state index in [1.54, 1.807) is 13.8 Å². The average Bonchev–Trinajstić information content (AvgIpc) is 3.01. The standard InChI is InChI=1S/C14H25O4P.C3H8.C2H6/c1-13(2,10-7-5-6-8-10)18-11(15)9-17-12(16)14(3,4)19;1-3-2;1-2/h10H,5-9,19H2,1-4H3;3H2,1-2H3;1-2H3. The molecule has 1 saturated carbocycles. The first kappa shape index (κ1) is 25.6. The van der Waals surface area contributed by atoms with E-state index in [2.05, 4.69) is 23.1 Å². The number of esters is 2. The Kier molecular flexibility index (Phi) is 13.5. The lowest BCUT2D eigenvalue weighted by Gasteiger charge is -2.31. The van der Waals surface area contributed by atoms with Gasteiger partial charge >= 0.3 is 11.9 Å². The van der Waals surface area contributed by atoms with Gasteiger partial charge in [-0.05, 0) is 46.5 Å². The highest BCUT2D eigenvalue weighted by atomic mass is 31.0. The van der Waals surface area contributed by atoms with Crippen LogP contribution in [0.15, 0.2) is 0 Å². The maximum Gasteiger partial charge on any atom is 0.344 e. The lowest BCUT2D eigenvalue weighted by molar-refractivity contribution is -0.172. The molecule has 5 heteroatoms. The summed E-state index contributed by atoms with van der Waals surface area (Å²) in [5.74, 6) is -0.488. The highest BCUT2D eigenvalue weighted by Crippen LogP contribution is 2.36. The van der Waals surface area contributed by atoms with Crippen molar-refractivity contribution in [1.82, 2.24) is 0 Å². The summed E-state index contributed by atoms with van der Waals surface area (Å²) in [6.45, 7) is 15.2. The van der Waals surface area contributed by atoms with Crippen LogP contribution in [-0.4, -0.2) is 29.3 Å². The molecule has 0 aliphatic heterocycles. The summed E-state index contributed by atoms with van der Waals surface area (Å²) in [5.41, 5.74) is -0.476. The maximum atomic E-state index is 11.7. The summed E-state index contributed by atoms with van der Waals surface area (Å²) in [6.07, 6.45) is 5.83. The van der Waals surface area contributed by atoms with E-state index in [9.17, 15) is 9.59 Å². The number of carbonyl (C=O) groups excluding carboxylic acids is 2. The molecular formula is C19H39O4P. The first-order valence-electron chi connectivity index (χ1n) is 9.22. The van der Waals surface area contributed by atoms with Gasteiger partial charge in [-0.15, -0.1) is 9.24 Å². The Morgan fingerprint density at radius 3 is 1.83 bits per heavy atom. The van der Waals surface area contributed by atoms with Crippen LogP contribution in [0.3, 0.4) is 0 Å². The van der Waals surface area contributed by atoms with E-state index in [1.165, 1.54) is 19.3 Å². The number of ether oxygens (including phenoxy) is 2. The SMILES string of the molecule is CC.CC(C)(P)C(=O)OCC(=O)OC(C)(C)C1CCCC1.CCC. The Bertz CT molecular complexity index is 353. The summed E-state index contributed by atoms with van der Waals surface area (Å²) >= 11 is 0. The summed E-state index contributed by atoms with van der Waals surface area (Å²) in [4.78, 5) is 23.3. The van der Waals surface area contributed by atoms with Crippen LogP contribution >= 0.6 is 9.24 Å². The van der Waals surface area contributed by atoms with E-state index in [0.29, 0.717) is 5.92 Å². The second-order valence-electron chi connectivity index (χ2n) is 7.06. The molecule has 1 atom stereocenters. The fraction of sp³-hybridized carbons (Fsp3) is 0.895. The fourth-order valence-electron chi connectivity index (χ4n) is 2.34. The van der Waals surface area contributed by atoms with Crippen molar-refractivity contribution in [2.45, 2.75) is 98.3 Å². The molecule has 0 N–H and O–H groups in total. The molecule has 144 valence electrons. The quantitative estimate of drug-likeness (QED) is 0.502. The van der Waals surface area contributed by atoms with Gasteiger partial charge in [-0.2, -0.15) is 0 Å². The number of hydrogen-bond donors (Lipinski definition) is 0. The van der Waals surface area contributed by atoms with Crippen molar-refractivity contribution in [3.63, 3.8) is 0 Å². The Labute approximate surface area is 151 Å². The van der Waals surface area contributed by atoms with Crippen molar-refractivity contribution < 1.29 is 19.1 Å². The second-order valence-corrected chi connectivity index (χ2v) is 8.51. The van der Waals surface area contributed by atoms with Gasteiger partial charge in [0.05, 0.1) is 5.16 Å². The smallest absolute Gasteiger partial charge is 0.344 e. The third kappa shape index (κ3) is 11.0. The van der Waals surface area contributed by atoms with Crippen molar-refractivity contribution in [2.75, 3.05) is 6.61 Å². The van der Waals surface area contributed by atoms with Gasteiger partial charge in [-0.25, -0.2) is 4.79 Å². The lowest BCUT2D eigenvalue weighted by atomic mass is 9.89. The van der Waals surface area contributed by atoms with E-state index < -0.39 is 22.7 Å². The predicted octanol–water partition coefficient (Wildman–Crippen LogP) is 5.14. The summed E-state index contributed by atoms with van der Waals surface area (Å²) < 4.78 is 10.4. The molecule has 0 radical (unpaired) electrons. The van der Waals surface area contributed by atoms with Gasteiger partial charge in [-0.3, -0.25) is 4.79 Å². The molecule has 0 aromatic heterocycles. The third-order valence-electron chi connectivity index (χ3n) is 3.56. The average molecular weight is 362 g/mol. The lowest BCUT2D eigenvalue weighted by Crippen LogP contribution is -2.37. The summed E-state index contributed by atoms with van der Waals surface area (Å²) in [5, 5.41) is -0.679. The topological polar surface area (TPSA) is 52.6 Å². The molecule has 24 heavy (non-hydrogen) atoms. The van der Waals surface area contributed by atoms with Crippen LogP contribution in [0.25, 0.3) is 0 Å². The Balaban J connectivity index is 0. The van der Waals surface area contributed by atoms with E-state index in [4.69, 9.17) is 9.47 Å². The zero-order valence-corrected chi connectivity index (χ0v) is 18.2. The summed E-state index contributed by atoms with van der Waals surface area (Å²) in [7, 11) is 2.39. The minimum Gasteiger partial charge on any atom is -0.457 e. The van der Waals surface area contributed by atoms with Crippen molar-refractivity contribution in [1.29, 1.82) is 0 Å². The van der Waals surface area contributed by atoms with Gasteiger partial charge in [0.1, 0.15) is 5.60 Å². The van der Waals surface area contributed by atoms with Crippen molar-refractivity contribution in [3.8, 4) is 0 Å². The van der Waals surface area contributed by atoms with Crippen LogP contribution < -0.4 is 0 Å². The van der Waals surface area contributed by atoms with Gasteiger partial charge in [0.2, 0.25) is 0 Å². The van der Waals surface area contributed by atoms with Crippen LogP contribution in [0.2, 0.25) is 0 Å². The van der Waals surface area contributed by atoms with E-state index in [1.807, 2.05) is 27.7 Å². The van der Waals surface area contributed by atoms with Gasteiger partial charge in [-0.1, -0.05) is 47.0 Å². The van der Waals surface area contributed by atoms with E-state index in [0.717, 1.165) is 12.8 Å². The Hall–Kier alpha value is -0.630. The van der Waals surface area contributed by atoms with E-state index >= 15 is 0 Å². The molecule has 1 aliphatic rings. The molecule has 1 rings (SSSR count). The first-order valence-corrected chi connectivity index (χ1v) is 9.80. The number of rotatable bonds is 5. The van der Waals surface area contributed by atoms with Crippen LogP contribution in [0.5, 0.6) is 0 Å². The minimum atomic E-state index is -0.679. The molecule has 0 saturated heterocycles. The van der Waals surface area contributed by atoms with Crippen molar-refractivity contribution in [2.24, 2.45) is 5.92 Å².